The van der Waals surface area contributed by atoms with Crippen molar-refractivity contribution in [2.45, 2.75) is 25.2 Å². The summed E-state index contributed by atoms with van der Waals surface area (Å²) >= 11 is 0. The zero-order valence-corrected chi connectivity index (χ0v) is 35.6. The second-order valence-corrected chi connectivity index (χ2v) is 17.7. The summed E-state index contributed by atoms with van der Waals surface area (Å²) in [4.78, 5) is 0. The summed E-state index contributed by atoms with van der Waals surface area (Å²) in [6.07, 6.45) is 1.91. The molecule has 64 heavy (non-hydrogen) atoms. The molecule has 1 N–H and O–H groups in total. The molecule has 1 aliphatic heterocycles. The Kier molecular flexibility index (Phi) is 8.20. The van der Waals surface area contributed by atoms with Crippen molar-refractivity contribution in [2.24, 2.45) is 0 Å². The van der Waals surface area contributed by atoms with Gasteiger partial charge in [0.15, 0.2) is 0 Å². The van der Waals surface area contributed by atoms with Crippen molar-refractivity contribution in [3.8, 4) is 39.1 Å². The first-order valence-electron chi connectivity index (χ1n) is 22.6. The molecule has 1 unspecified atom stereocenters. The molecule has 9 aromatic carbocycles. The maximum Gasteiger partial charge on any atom is 0.0623 e. The van der Waals surface area contributed by atoms with Crippen LogP contribution >= 0.6 is 0 Å². The van der Waals surface area contributed by atoms with Crippen molar-refractivity contribution >= 4 is 49.9 Å². The average Bonchev–Trinajstić information content (AvgIpc) is 3.79. The van der Waals surface area contributed by atoms with Gasteiger partial charge >= 0.3 is 0 Å². The summed E-state index contributed by atoms with van der Waals surface area (Å²) in [6, 6.07) is 80.6. The number of hydrogen-bond donors (Lipinski definition) is 1. The van der Waals surface area contributed by atoms with Gasteiger partial charge in [0.25, 0.3) is 0 Å². The Hall–Kier alpha value is -7.94. The fourth-order valence-electron chi connectivity index (χ4n) is 11.4. The Balaban J connectivity index is 1.03. The third-order valence-electron chi connectivity index (χ3n) is 14.4. The molecule has 13 rings (SSSR count). The molecule has 2 heteroatoms. The molecular weight excluding hydrogens is 773 g/mol. The van der Waals surface area contributed by atoms with E-state index in [1.165, 1.54) is 111 Å². The van der Waals surface area contributed by atoms with Gasteiger partial charge in [0.2, 0.25) is 0 Å². The van der Waals surface area contributed by atoms with Crippen LogP contribution in [0.2, 0.25) is 0 Å². The number of aromatic nitrogens is 1. The highest BCUT2D eigenvalue weighted by Gasteiger charge is 2.48. The summed E-state index contributed by atoms with van der Waals surface area (Å²) in [7, 11) is 0. The summed E-state index contributed by atoms with van der Waals surface area (Å²) in [5.74, 6) is 0. The van der Waals surface area contributed by atoms with Gasteiger partial charge in [0.1, 0.15) is 0 Å². The second-order valence-electron chi connectivity index (χ2n) is 17.7. The van der Waals surface area contributed by atoms with Crippen LogP contribution in [0.3, 0.4) is 0 Å². The maximum absolute atomic E-state index is 3.91. The van der Waals surface area contributed by atoms with Gasteiger partial charge in [-0.3, -0.25) is 0 Å². The van der Waals surface area contributed by atoms with Crippen molar-refractivity contribution in [1.82, 2.24) is 4.57 Å². The molecule has 0 saturated heterocycles. The van der Waals surface area contributed by atoms with Crippen LogP contribution in [-0.2, 0) is 5.41 Å². The quantitative estimate of drug-likeness (QED) is 0.170. The number of para-hydroxylation sites is 2. The lowest BCUT2D eigenvalue weighted by Crippen LogP contribution is -2.25. The molecule has 2 heterocycles. The highest BCUT2D eigenvalue weighted by Crippen LogP contribution is 2.63. The molecule has 0 bridgehead atoms. The van der Waals surface area contributed by atoms with Gasteiger partial charge in [-0.2, -0.15) is 0 Å². The number of allylic oxidation sites excluding steroid dienone is 4. The highest BCUT2D eigenvalue weighted by molar-refractivity contribution is 6.27. The minimum Gasteiger partial charge on any atom is -0.355 e. The topological polar surface area (TPSA) is 17.0 Å². The van der Waals surface area contributed by atoms with Crippen molar-refractivity contribution in [3.05, 3.63) is 252 Å². The molecule has 302 valence electrons. The van der Waals surface area contributed by atoms with Gasteiger partial charge in [0, 0.05) is 44.3 Å². The number of hydrogen-bond acceptors (Lipinski definition) is 1. The zero-order chi connectivity index (χ0) is 42.4. The van der Waals surface area contributed by atoms with Crippen molar-refractivity contribution in [3.63, 3.8) is 0 Å². The first-order chi connectivity index (χ1) is 31.6. The van der Waals surface area contributed by atoms with Gasteiger partial charge < -0.3 is 9.88 Å². The van der Waals surface area contributed by atoms with E-state index in [0.29, 0.717) is 0 Å². The van der Waals surface area contributed by atoms with Gasteiger partial charge in [-0.05, 0) is 129 Å². The third kappa shape index (κ3) is 5.45. The Morgan fingerprint density at radius 1 is 0.453 bits per heavy atom. The molecule has 2 aliphatic carbocycles. The molecule has 10 aromatic rings. The number of nitrogens with zero attached hydrogens (tertiary/aromatic N) is 1. The molecule has 2 nitrogen and oxygen atoms in total. The minimum absolute atomic E-state index is 0.322. The number of fused-ring (bicyclic) bond motifs is 6. The SMILES string of the molecule is CC1(c2cccc(-c3ccccc3)c2)C2=C3C(=C(c4cccc(Nc5ccc(-c6ccccc6)cc5-c5ccccc5)c4)CC2)c2ccccc2-n2c4ccccc4c4ccc1c3c42. The van der Waals surface area contributed by atoms with Gasteiger partial charge in [0.05, 0.1) is 16.7 Å². The van der Waals surface area contributed by atoms with Crippen LogP contribution in [0.4, 0.5) is 11.4 Å². The van der Waals surface area contributed by atoms with Crippen LogP contribution in [0.5, 0.6) is 0 Å². The maximum atomic E-state index is 3.91. The van der Waals surface area contributed by atoms with E-state index in [0.717, 1.165) is 24.2 Å². The number of nitrogens with one attached hydrogen (secondary N) is 1. The lowest BCUT2D eigenvalue weighted by atomic mass is 9.69. The van der Waals surface area contributed by atoms with Gasteiger partial charge in [-0.25, -0.2) is 0 Å². The monoisotopic (exact) mass is 816 g/mol. The number of rotatable bonds is 7. The van der Waals surface area contributed by atoms with Crippen LogP contribution in [0.1, 0.15) is 47.6 Å². The zero-order valence-electron chi connectivity index (χ0n) is 35.6. The lowest BCUT2D eigenvalue weighted by Gasteiger charge is -2.34. The largest absolute Gasteiger partial charge is 0.355 e. The molecule has 3 aliphatic rings. The summed E-state index contributed by atoms with van der Waals surface area (Å²) in [6.45, 7) is 2.51. The molecule has 1 aromatic heterocycles. The number of anilines is 2. The molecule has 0 saturated carbocycles. The van der Waals surface area contributed by atoms with E-state index in [4.69, 9.17) is 0 Å². The van der Waals surface area contributed by atoms with Crippen LogP contribution in [0.15, 0.2) is 224 Å². The van der Waals surface area contributed by atoms with Crippen LogP contribution < -0.4 is 5.32 Å². The van der Waals surface area contributed by atoms with Crippen LogP contribution in [-0.4, -0.2) is 4.57 Å². The van der Waals surface area contributed by atoms with E-state index in [1.807, 2.05) is 0 Å². The third-order valence-corrected chi connectivity index (χ3v) is 14.4. The predicted octanol–water partition coefficient (Wildman–Crippen LogP) is 16.3. The normalized spacial score (nSPS) is 16.0. The standard InChI is InChI=1S/C62H44N2/c1-62(46-25-15-23-43(37-46)40-17-5-2-6-18-40)53-34-32-48(58-51-28-12-14-30-57(51)64-56-29-13-11-27-49(56)50-33-35-54(62)60(59(53)58)61(50)64)45-24-16-26-47(38-45)63-55-36-31-44(41-19-7-3-8-20-41)39-52(55)42-21-9-4-10-22-42/h2-31,33,35-39,63H,32,34H2,1H3. The fourth-order valence-corrected chi connectivity index (χ4v) is 11.4. The molecule has 0 spiro atoms. The fraction of sp³-hybridized carbons (Fsp3) is 0.0645. The molecule has 0 radical (unpaired) electrons. The molecule has 0 amide bonds. The summed E-state index contributed by atoms with van der Waals surface area (Å²) in [5.41, 5.74) is 25.3. The van der Waals surface area contributed by atoms with E-state index >= 15 is 0 Å². The van der Waals surface area contributed by atoms with Gasteiger partial charge in [-0.15, -0.1) is 0 Å². The molecule has 0 fully saturated rings. The van der Waals surface area contributed by atoms with Crippen molar-refractivity contribution < 1.29 is 0 Å². The van der Waals surface area contributed by atoms with E-state index in [9.17, 15) is 0 Å². The van der Waals surface area contributed by atoms with E-state index in [-0.39, 0.29) is 5.41 Å². The molecule has 1 atom stereocenters. The second kappa shape index (κ2) is 14.3. The predicted molar refractivity (Wildman–Crippen MR) is 269 cm³/mol. The van der Waals surface area contributed by atoms with Crippen LogP contribution in [0.25, 0.3) is 77.6 Å². The Morgan fingerprint density at radius 3 is 1.91 bits per heavy atom. The van der Waals surface area contributed by atoms with E-state index in [1.54, 1.807) is 0 Å². The van der Waals surface area contributed by atoms with Crippen molar-refractivity contribution in [1.29, 1.82) is 0 Å². The van der Waals surface area contributed by atoms with E-state index in [2.05, 4.69) is 235 Å². The lowest BCUT2D eigenvalue weighted by molar-refractivity contribution is 0.655. The first-order valence-corrected chi connectivity index (χ1v) is 22.6. The minimum atomic E-state index is -0.322. The summed E-state index contributed by atoms with van der Waals surface area (Å²) < 4.78 is 2.58. The highest BCUT2D eigenvalue weighted by atomic mass is 15.0. The Bertz CT molecular complexity index is 3570. The van der Waals surface area contributed by atoms with Crippen molar-refractivity contribution in [2.75, 3.05) is 5.32 Å². The summed E-state index contributed by atoms with van der Waals surface area (Å²) in [5, 5.41) is 6.52. The smallest absolute Gasteiger partial charge is 0.0623 e. The Labute approximate surface area is 374 Å². The Morgan fingerprint density at radius 2 is 1.11 bits per heavy atom. The number of benzene rings is 9. The first kappa shape index (κ1) is 36.7. The average molecular weight is 817 g/mol. The van der Waals surface area contributed by atoms with Crippen LogP contribution in [0, 0.1) is 0 Å². The molecular formula is C62H44N2. The van der Waals surface area contributed by atoms with Gasteiger partial charge in [-0.1, -0.05) is 176 Å². The van der Waals surface area contributed by atoms with E-state index < -0.39 is 0 Å².